The zero-order valence-corrected chi connectivity index (χ0v) is 16.6. The van der Waals surface area contributed by atoms with E-state index in [1.165, 1.54) is 0 Å². The monoisotopic (exact) mass is 387 g/mol. The average Bonchev–Trinajstić information content (AvgIpc) is 3.07. The van der Waals surface area contributed by atoms with E-state index in [9.17, 15) is 19.5 Å². The predicted molar refractivity (Wildman–Crippen MR) is 108 cm³/mol. The molecular formula is C21H29N3O4. The molecule has 0 aliphatic rings. The molecule has 0 saturated carbocycles. The summed E-state index contributed by atoms with van der Waals surface area (Å²) in [5, 5.41) is 15.7. The highest BCUT2D eigenvalue weighted by Gasteiger charge is 2.27. The van der Waals surface area contributed by atoms with Crippen molar-refractivity contribution in [3.05, 3.63) is 36.0 Å². The van der Waals surface area contributed by atoms with E-state index in [4.69, 9.17) is 0 Å². The number of unbranched alkanes of at least 4 members (excludes halogenated alkanes) is 1. The van der Waals surface area contributed by atoms with Gasteiger partial charge in [-0.3, -0.25) is 9.59 Å². The Morgan fingerprint density at radius 2 is 1.75 bits per heavy atom. The van der Waals surface area contributed by atoms with Crippen molar-refractivity contribution in [2.75, 3.05) is 0 Å². The number of aromatic amines is 1. The number of carbonyl (C=O) groups is 3. The largest absolute Gasteiger partial charge is 0.480 e. The Labute approximate surface area is 164 Å². The van der Waals surface area contributed by atoms with Crippen molar-refractivity contribution in [2.45, 2.75) is 58.5 Å². The topological polar surface area (TPSA) is 111 Å². The summed E-state index contributed by atoms with van der Waals surface area (Å²) in [6.07, 6.45) is 3.98. The summed E-state index contributed by atoms with van der Waals surface area (Å²) >= 11 is 0. The van der Waals surface area contributed by atoms with E-state index in [0.717, 1.165) is 22.9 Å². The summed E-state index contributed by atoms with van der Waals surface area (Å²) in [5.41, 5.74) is 1.83. The van der Waals surface area contributed by atoms with E-state index in [2.05, 4.69) is 15.6 Å². The molecule has 2 rings (SSSR count). The first-order chi connectivity index (χ1) is 13.3. The number of hydrogen-bond acceptors (Lipinski definition) is 3. The van der Waals surface area contributed by atoms with Crippen LogP contribution in [-0.4, -0.2) is 40.0 Å². The molecule has 7 nitrogen and oxygen atoms in total. The van der Waals surface area contributed by atoms with Crippen molar-refractivity contribution >= 4 is 28.7 Å². The lowest BCUT2D eigenvalue weighted by molar-refractivity contribution is -0.142. The summed E-state index contributed by atoms with van der Waals surface area (Å²) in [5.74, 6) is -2.08. The second-order valence-corrected chi connectivity index (χ2v) is 7.32. The van der Waals surface area contributed by atoms with Gasteiger partial charge in [0.2, 0.25) is 11.8 Å². The van der Waals surface area contributed by atoms with Gasteiger partial charge in [-0.05, 0) is 18.1 Å². The van der Waals surface area contributed by atoms with Gasteiger partial charge in [-0.25, -0.2) is 4.79 Å². The molecule has 0 spiro atoms. The third-order valence-electron chi connectivity index (χ3n) is 4.72. The zero-order valence-electron chi connectivity index (χ0n) is 16.6. The minimum absolute atomic E-state index is 0.250. The van der Waals surface area contributed by atoms with Gasteiger partial charge in [-0.15, -0.1) is 0 Å². The number of aliphatic carboxylic acids is 1. The van der Waals surface area contributed by atoms with Crippen molar-refractivity contribution in [3.8, 4) is 0 Å². The molecular weight excluding hydrogens is 358 g/mol. The van der Waals surface area contributed by atoms with Gasteiger partial charge in [0.05, 0.1) is 0 Å². The summed E-state index contributed by atoms with van der Waals surface area (Å²) in [6.45, 7) is 5.46. The van der Waals surface area contributed by atoms with Crippen LogP contribution in [0.3, 0.4) is 0 Å². The summed E-state index contributed by atoms with van der Waals surface area (Å²) < 4.78 is 0. The molecule has 2 unspecified atom stereocenters. The number of rotatable bonds is 10. The fraction of sp³-hybridized carbons (Fsp3) is 0.476. The number of para-hydroxylation sites is 1. The van der Waals surface area contributed by atoms with Gasteiger partial charge < -0.3 is 20.7 Å². The number of hydrogen-bond donors (Lipinski definition) is 4. The number of H-pyrrole nitrogens is 1. The van der Waals surface area contributed by atoms with Crippen molar-refractivity contribution < 1.29 is 19.5 Å². The number of fused-ring (bicyclic) bond motifs is 1. The Bertz CT molecular complexity index is 828. The Morgan fingerprint density at radius 3 is 2.39 bits per heavy atom. The van der Waals surface area contributed by atoms with E-state index in [1.807, 2.05) is 37.4 Å². The first-order valence-corrected chi connectivity index (χ1v) is 9.72. The molecule has 152 valence electrons. The van der Waals surface area contributed by atoms with Crippen molar-refractivity contribution in [2.24, 2.45) is 5.92 Å². The van der Waals surface area contributed by atoms with Crippen LogP contribution in [0.5, 0.6) is 0 Å². The SMILES string of the molecule is CCCCC(NC(=O)C(Cc1c[nH]c2ccccc12)NC(=O)C(C)C)C(=O)O. The lowest BCUT2D eigenvalue weighted by Gasteiger charge is -2.22. The highest BCUT2D eigenvalue weighted by Crippen LogP contribution is 2.19. The molecule has 2 amide bonds. The first kappa shape index (κ1) is 21.5. The average molecular weight is 387 g/mol. The molecule has 7 heteroatoms. The third-order valence-corrected chi connectivity index (χ3v) is 4.72. The van der Waals surface area contributed by atoms with Crippen molar-refractivity contribution in [3.63, 3.8) is 0 Å². The lowest BCUT2D eigenvalue weighted by Crippen LogP contribution is -2.53. The molecule has 0 fully saturated rings. The molecule has 28 heavy (non-hydrogen) atoms. The molecule has 1 heterocycles. The second-order valence-electron chi connectivity index (χ2n) is 7.32. The van der Waals surface area contributed by atoms with Crippen LogP contribution in [-0.2, 0) is 20.8 Å². The fourth-order valence-electron chi connectivity index (χ4n) is 3.01. The quantitative estimate of drug-likeness (QED) is 0.502. The van der Waals surface area contributed by atoms with Crippen LogP contribution < -0.4 is 10.6 Å². The van der Waals surface area contributed by atoms with Crippen molar-refractivity contribution in [1.29, 1.82) is 0 Å². The molecule has 1 aromatic carbocycles. The normalized spacial score (nSPS) is 13.3. The van der Waals surface area contributed by atoms with E-state index in [0.29, 0.717) is 12.8 Å². The summed E-state index contributed by atoms with van der Waals surface area (Å²) in [4.78, 5) is 39.7. The number of carboxylic acids is 1. The molecule has 0 aliphatic heterocycles. The molecule has 2 atom stereocenters. The summed E-state index contributed by atoms with van der Waals surface area (Å²) in [7, 11) is 0. The number of aromatic nitrogens is 1. The Kier molecular flexibility index (Phi) is 7.61. The minimum Gasteiger partial charge on any atom is -0.480 e. The number of carbonyl (C=O) groups excluding carboxylic acids is 2. The van der Waals surface area contributed by atoms with E-state index in [1.54, 1.807) is 13.8 Å². The van der Waals surface area contributed by atoms with Gasteiger partial charge >= 0.3 is 5.97 Å². The highest BCUT2D eigenvalue weighted by atomic mass is 16.4. The molecule has 0 aliphatic carbocycles. The van der Waals surface area contributed by atoms with Crippen LogP contribution in [0, 0.1) is 5.92 Å². The zero-order chi connectivity index (χ0) is 20.7. The van der Waals surface area contributed by atoms with Crippen LogP contribution in [0.25, 0.3) is 10.9 Å². The number of carboxylic acid groups (broad SMARTS) is 1. The summed E-state index contributed by atoms with van der Waals surface area (Å²) in [6, 6.07) is 5.89. The van der Waals surface area contributed by atoms with Crippen molar-refractivity contribution in [1.82, 2.24) is 15.6 Å². The van der Waals surface area contributed by atoms with Crippen LogP contribution in [0.4, 0.5) is 0 Å². The van der Waals surface area contributed by atoms with Gasteiger partial charge in [0.1, 0.15) is 12.1 Å². The Hall–Kier alpha value is -2.83. The molecule has 2 aromatic rings. The van der Waals surface area contributed by atoms with Gasteiger partial charge in [0.25, 0.3) is 0 Å². The number of nitrogens with one attached hydrogen (secondary N) is 3. The van der Waals surface area contributed by atoms with Gasteiger partial charge in [-0.1, -0.05) is 51.8 Å². The van der Waals surface area contributed by atoms with Crippen LogP contribution in [0.2, 0.25) is 0 Å². The fourth-order valence-corrected chi connectivity index (χ4v) is 3.01. The maximum absolute atomic E-state index is 12.8. The maximum Gasteiger partial charge on any atom is 0.326 e. The molecule has 4 N–H and O–H groups in total. The molecule has 1 aromatic heterocycles. The Morgan fingerprint density at radius 1 is 1.07 bits per heavy atom. The molecule has 0 saturated heterocycles. The van der Waals surface area contributed by atoms with E-state index in [-0.39, 0.29) is 18.2 Å². The highest BCUT2D eigenvalue weighted by molar-refractivity contribution is 5.92. The van der Waals surface area contributed by atoms with Gasteiger partial charge in [0.15, 0.2) is 0 Å². The molecule has 0 radical (unpaired) electrons. The predicted octanol–water partition coefficient (Wildman–Crippen LogP) is 2.61. The first-order valence-electron chi connectivity index (χ1n) is 9.72. The number of amides is 2. The number of benzene rings is 1. The smallest absolute Gasteiger partial charge is 0.326 e. The maximum atomic E-state index is 12.8. The van der Waals surface area contributed by atoms with Crippen LogP contribution in [0.1, 0.15) is 45.6 Å². The van der Waals surface area contributed by atoms with Gasteiger partial charge in [0, 0.05) is 29.4 Å². The van der Waals surface area contributed by atoms with E-state index < -0.39 is 24.0 Å². The third kappa shape index (κ3) is 5.58. The Balaban J connectivity index is 2.21. The standard InChI is InChI=1S/C21H29N3O4/c1-4-5-9-17(21(27)28)23-20(26)18(24-19(25)13(2)3)11-14-12-22-16-10-7-6-8-15(14)16/h6-8,10,12-13,17-18,22H,4-5,9,11H2,1-3H3,(H,23,26)(H,24,25)(H,27,28). The van der Waals surface area contributed by atoms with Crippen LogP contribution in [0.15, 0.2) is 30.5 Å². The lowest BCUT2D eigenvalue weighted by atomic mass is 10.0. The van der Waals surface area contributed by atoms with E-state index >= 15 is 0 Å². The van der Waals surface area contributed by atoms with Crippen LogP contribution >= 0.6 is 0 Å². The molecule has 0 bridgehead atoms. The minimum atomic E-state index is -1.07. The second kappa shape index (κ2) is 9.92. The van der Waals surface area contributed by atoms with Gasteiger partial charge in [-0.2, -0.15) is 0 Å².